The van der Waals surface area contributed by atoms with Crippen molar-refractivity contribution in [3.05, 3.63) is 0 Å². The Balaban J connectivity index is 4.02. The molecule has 0 aromatic rings. The fraction of sp³-hybridized carbons (Fsp3) is 0.875. The minimum absolute atomic E-state index is 0.198. The summed E-state index contributed by atoms with van der Waals surface area (Å²) in [6, 6.07) is 0. The quantitative estimate of drug-likeness (QED) is 0.546. The first-order valence-electron chi connectivity index (χ1n) is 3.85. The maximum atomic E-state index is 11.3. The summed E-state index contributed by atoms with van der Waals surface area (Å²) in [5, 5.41) is 0. The molecular weight excluding hydrogens is 192 g/mol. The van der Waals surface area contributed by atoms with E-state index in [2.05, 4.69) is 25.3 Å². The molecule has 0 amide bonds. The second-order valence-electron chi connectivity index (χ2n) is 3.60. The van der Waals surface area contributed by atoms with Crippen molar-refractivity contribution < 1.29 is 9.53 Å². The molecule has 0 rings (SSSR count). The molecule has 0 aromatic carbocycles. The molecule has 0 bridgehead atoms. The highest BCUT2D eigenvalue weighted by atomic mass is 32.1. The van der Waals surface area contributed by atoms with E-state index < -0.39 is 5.60 Å². The van der Waals surface area contributed by atoms with E-state index >= 15 is 0 Å². The van der Waals surface area contributed by atoms with E-state index in [9.17, 15) is 4.79 Å². The lowest BCUT2D eigenvalue weighted by molar-refractivity contribution is -0.158. The molecule has 0 saturated heterocycles. The van der Waals surface area contributed by atoms with E-state index in [0.717, 1.165) is 0 Å². The van der Waals surface area contributed by atoms with Gasteiger partial charge in [0.15, 0.2) is 0 Å². The SMILES string of the molecule is CC(C)(C)OC(=O)C(CS)CS. The van der Waals surface area contributed by atoms with Crippen molar-refractivity contribution in [2.24, 2.45) is 5.92 Å². The van der Waals surface area contributed by atoms with Crippen LogP contribution in [0.3, 0.4) is 0 Å². The Morgan fingerprint density at radius 1 is 1.33 bits per heavy atom. The van der Waals surface area contributed by atoms with Gasteiger partial charge in [0.2, 0.25) is 0 Å². The zero-order chi connectivity index (χ0) is 9.78. The third-order valence-electron chi connectivity index (χ3n) is 1.18. The van der Waals surface area contributed by atoms with Crippen molar-refractivity contribution in [3.8, 4) is 0 Å². The summed E-state index contributed by atoms with van der Waals surface area (Å²) in [6.07, 6.45) is 0. The van der Waals surface area contributed by atoms with Gasteiger partial charge in [0, 0.05) is 11.5 Å². The first-order chi connectivity index (χ1) is 5.40. The van der Waals surface area contributed by atoms with E-state index in [1.165, 1.54) is 0 Å². The molecule has 0 heterocycles. The largest absolute Gasteiger partial charge is 0.460 e. The van der Waals surface area contributed by atoms with Gasteiger partial charge >= 0.3 is 5.97 Å². The fourth-order valence-electron chi connectivity index (χ4n) is 0.592. The van der Waals surface area contributed by atoms with Crippen molar-refractivity contribution in [1.29, 1.82) is 0 Å². The van der Waals surface area contributed by atoms with Crippen molar-refractivity contribution in [3.63, 3.8) is 0 Å². The molecule has 0 aliphatic heterocycles. The molecule has 0 aliphatic carbocycles. The average Bonchev–Trinajstić information content (AvgIpc) is 1.85. The zero-order valence-electron chi connectivity index (χ0n) is 7.70. The Morgan fingerprint density at radius 3 is 2.00 bits per heavy atom. The average molecular weight is 208 g/mol. The van der Waals surface area contributed by atoms with Crippen molar-refractivity contribution >= 4 is 31.2 Å². The van der Waals surface area contributed by atoms with Gasteiger partial charge in [-0.3, -0.25) is 4.79 Å². The number of ether oxygens (including phenoxy) is 1. The number of carbonyl (C=O) groups excluding carboxylic acids is 1. The second-order valence-corrected chi connectivity index (χ2v) is 4.33. The van der Waals surface area contributed by atoms with Crippen LogP contribution >= 0.6 is 25.3 Å². The summed E-state index contributed by atoms with van der Waals surface area (Å²) >= 11 is 8.07. The number of carbonyl (C=O) groups is 1. The highest BCUT2D eigenvalue weighted by molar-refractivity contribution is 7.81. The second kappa shape index (κ2) is 5.02. The first-order valence-corrected chi connectivity index (χ1v) is 5.11. The van der Waals surface area contributed by atoms with Crippen molar-refractivity contribution in [2.45, 2.75) is 26.4 Å². The van der Waals surface area contributed by atoms with Gasteiger partial charge in [-0.05, 0) is 20.8 Å². The lowest BCUT2D eigenvalue weighted by Gasteiger charge is -2.22. The maximum Gasteiger partial charge on any atom is 0.311 e. The van der Waals surface area contributed by atoms with Gasteiger partial charge in [-0.2, -0.15) is 25.3 Å². The van der Waals surface area contributed by atoms with Crippen LogP contribution in [0.25, 0.3) is 0 Å². The highest BCUT2D eigenvalue weighted by Crippen LogP contribution is 2.13. The van der Waals surface area contributed by atoms with Crippen LogP contribution in [0, 0.1) is 5.92 Å². The molecule has 0 N–H and O–H groups in total. The molecule has 0 spiro atoms. The van der Waals surface area contributed by atoms with Crippen LogP contribution in [0.4, 0.5) is 0 Å². The highest BCUT2D eigenvalue weighted by Gasteiger charge is 2.22. The van der Waals surface area contributed by atoms with Gasteiger partial charge in [-0.1, -0.05) is 0 Å². The summed E-state index contributed by atoms with van der Waals surface area (Å²) in [6.45, 7) is 5.54. The molecule has 0 aliphatic rings. The standard InChI is InChI=1S/C8H16O2S2/c1-8(2,3)10-7(9)6(4-11)5-12/h6,11-12H,4-5H2,1-3H3. The Labute approximate surface area is 84.9 Å². The van der Waals surface area contributed by atoms with Gasteiger partial charge in [-0.25, -0.2) is 0 Å². The summed E-state index contributed by atoms with van der Waals surface area (Å²) in [5.74, 6) is 0.556. The predicted molar refractivity (Wildman–Crippen MR) is 57.0 cm³/mol. The summed E-state index contributed by atoms with van der Waals surface area (Å²) in [4.78, 5) is 11.3. The normalized spacial score (nSPS) is 11.8. The smallest absolute Gasteiger partial charge is 0.311 e. The van der Waals surface area contributed by atoms with Crippen molar-refractivity contribution in [1.82, 2.24) is 0 Å². The van der Waals surface area contributed by atoms with Crippen LogP contribution in [0.5, 0.6) is 0 Å². The van der Waals surface area contributed by atoms with Crippen LogP contribution in [0.2, 0.25) is 0 Å². The number of thiol groups is 2. The van der Waals surface area contributed by atoms with Crippen LogP contribution in [-0.2, 0) is 9.53 Å². The van der Waals surface area contributed by atoms with Crippen molar-refractivity contribution in [2.75, 3.05) is 11.5 Å². The minimum Gasteiger partial charge on any atom is -0.460 e. The maximum absolute atomic E-state index is 11.3. The van der Waals surface area contributed by atoms with Gasteiger partial charge in [0.1, 0.15) is 5.60 Å². The van der Waals surface area contributed by atoms with E-state index in [1.54, 1.807) is 0 Å². The Morgan fingerprint density at radius 2 is 1.75 bits per heavy atom. The van der Waals surface area contributed by atoms with E-state index in [1.807, 2.05) is 20.8 Å². The van der Waals surface area contributed by atoms with E-state index in [-0.39, 0.29) is 11.9 Å². The lowest BCUT2D eigenvalue weighted by Crippen LogP contribution is -2.30. The van der Waals surface area contributed by atoms with Crippen LogP contribution in [0.15, 0.2) is 0 Å². The van der Waals surface area contributed by atoms with Gasteiger partial charge < -0.3 is 4.74 Å². The lowest BCUT2D eigenvalue weighted by atomic mass is 10.1. The molecular formula is C8H16O2S2. The monoisotopic (exact) mass is 208 g/mol. The molecule has 0 unspecified atom stereocenters. The van der Waals surface area contributed by atoms with Gasteiger partial charge in [0.05, 0.1) is 5.92 Å². The Bertz CT molecular complexity index is 148. The number of esters is 1. The molecule has 0 saturated carbocycles. The molecule has 0 aromatic heterocycles. The van der Waals surface area contributed by atoms with Crippen LogP contribution in [-0.4, -0.2) is 23.1 Å². The molecule has 12 heavy (non-hydrogen) atoms. The number of rotatable bonds is 3. The topological polar surface area (TPSA) is 26.3 Å². The zero-order valence-corrected chi connectivity index (χ0v) is 9.49. The van der Waals surface area contributed by atoms with Gasteiger partial charge in [0.25, 0.3) is 0 Å². The minimum atomic E-state index is -0.415. The summed E-state index contributed by atoms with van der Waals surface area (Å²) in [5.41, 5.74) is -0.415. The van der Waals surface area contributed by atoms with Crippen LogP contribution < -0.4 is 0 Å². The number of hydrogen-bond donors (Lipinski definition) is 2. The molecule has 0 atom stereocenters. The van der Waals surface area contributed by atoms with E-state index in [4.69, 9.17) is 4.74 Å². The van der Waals surface area contributed by atoms with E-state index in [0.29, 0.717) is 11.5 Å². The Kier molecular flexibility index (Phi) is 5.09. The van der Waals surface area contributed by atoms with Gasteiger partial charge in [-0.15, -0.1) is 0 Å². The molecule has 0 fully saturated rings. The molecule has 4 heteroatoms. The molecule has 72 valence electrons. The molecule has 2 nitrogen and oxygen atoms in total. The third kappa shape index (κ3) is 4.93. The fourth-order valence-corrected chi connectivity index (χ4v) is 1.35. The number of hydrogen-bond acceptors (Lipinski definition) is 4. The summed E-state index contributed by atoms with van der Waals surface area (Å²) < 4.78 is 5.14. The molecule has 0 radical (unpaired) electrons. The third-order valence-corrected chi connectivity index (χ3v) is 2.06. The van der Waals surface area contributed by atoms with Crippen LogP contribution in [0.1, 0.15) is 20.8 Å². The summed E-state index contributed by atoms with van der Waals surface area (Å²) in [7, 11) is 0. The predicted octanol–water partition coefficient (Wildman–Crippen LogP) is 1.80. The Hall–Kier alpha value is 0.170. The first kappa shape index (κ1) is 12.2.